The number of fused-ring (bicyclic) bond motifs is 7. The summed E-state index contributed by atoms with van der Waals surface area (Å²) in [6, 6.07) is 15.9. The molecule has 6 nitrogen and oxygen atoms in total. The molecule has 38 heavy (non-hydrogen) atoms. The van der Waals surface area contributed by atoms with E-state index < -0.39 is 5.97 Å². The van der Waals surface area contributed by atoms with Crippen LogP contribution in [0.25, 0.3) is 43.6 Å². The quantitative estimate of drug-likeness (QED) is 0.257. The number of amides is 1. The Bertz CT molecular complexity index is 1780. The van der Waals surface area contributed by atoms with Gasteiger partial charge in [-0.2, -0.15) is 0 Å². The van der Waals surface area contributed by atoms with Crippen LogP contribution in [0.5, 0.6) is 0 Å². The number of anilines is 1. The van der Waals surface area contributed by atoms with E-state index in [9.17, 15) is 19.1 Å². The summed E-state index contributed by atoms with van der Waals surface area (Å²) in [6.07, 6.45) is 5.57. The molecule has 5 aromatic rings. The number of thiophene rings is 1. The van der Waals surface area contributed by atoms with Gasteiger partial charge in [-0.25, -0.2) is 14.2 Å². The van der Waals surface area contributed by atoms with E-state index in [0.29, 0.717) is 28.4 Å². The van der Waals surface area contributed by atoms with Crippen molar-refractivity contribution in [3.05, 3.63) is 70.9 Å². The van der Waals surface area contributed by atoms with Crippen LogP contribution in [0.3, 0.4) is 0 Å². The average Bonchev–Trinajstić information content (AvgIpc) is 3.43. The molecule has 8 heteroatoms. The van der Waals surface area contributed by atoms with Gasteiger partial charge in [0, 0.05) is 16.5 Å². The minimum Gasteiger partial charge on any atom is -0.477 e. The van der Waals surface area contributed by atoms with Crippen molar-refractivity contribution in [3.63, 3.8) is 0 Å². The lowest BCUT2D eigenvalue weighted by Crippen LogP contribution is -2.16. The molecule has 1 aliphatic heterocycles. The van der Waals surface area contributed by atoms with E-state index in [1.165, 1.54) is 23.8 Å². The zero-order valence-electron chi connectivity index (χ0n) is 20.5. The van der Waals surface area contributed by atoms with Crippen molar-refractivity contribution in [1.29, 1.82) is 0 Å². The van der Waals surface area contributed by atoms with Crippen molar-refractivity contribution in [2.45, 2.75) is 44.6 Å². The fourth-order valence-electron chi connectivity index (χ4n) is 6.16. The molecular weight excluding hydrogens is 501 g/mol. The summed E-state index contributed by atoms with van der Waals surface area (Å²) in [5, 5.41) is 13.6. The van der Waals surface area contributed by atoms with E-state index in [1.807, 2.05) is 22.8 Å². The number of nitrogens with zero attached hydrogens (tertiary/aromatic N) is 2. The van der Waals surface area contributed by atoms with Crippen molar-refractivity contribution in [2.24, 2.45) is 0 Å². The molecule has 0 saturated heterocycles. The molecule has 4 heterocycles. The molecule has 190 valence electrons. The number of rotatable bonds is 3. The summed E-state index contributed by atoms with van der Waals surface area (Å²) in [7, 11) is 0. The van der Waals surface area contributed by atoms with Gasteiger partial charge in [-0.15, -0.1) is 11.3 Å². The first-order valence-electron chi connectivity index (χ1n) is 12.9. The summed E-state index contributed by atoms with van der Waals surface area (Å²) < 4.78 is 17.4. The monoisotopic (exact) mass is 525 g/mol. The van der Waals surface area contributed by atoms with Crippen LogP contribution < -0.4 is 5.32 Å². The number of nitrogens with one attached hydrogen (secondary N) is 1. The molecule has 1 fully saturated rings. The highest BCUT2D eigenvalue weighted by Crippen LogP contribution is 2.49. The lowest BCUT2D eigenvalue weighted by molar-refractivity contribution is -0.116. The second-order valence-electron chi connectivity index (χ2n) is 10.1. The minimum absolute atomic E-state index is 0.102. The molecule has 7 rings (SSSR count). The molecule has 0 radical (unpaired) electrons. The van der Waals surface area contributed by atoms with Gasteiger partial charge in [-0.1, -0.05) is 31.4 Å². The van der Waals surface area contributed by atoms with Gasteiger partial charge in [0.2, 0.25) is 5.91 Å². The maximum absolute atomic E-state index is 14.5. The SMILES string of the molecule is O=C1Cn2c(c(C3CCCCC3)c3sc(C(=O)O)cc32)-c2ccc3nc(-c4ccccc4F)ccc3c2N1. The van der Waals surface area contributed by atoms with Gasteiger partial charge in [-0.3, -0.25) is 4.79 Å². The van der Waals surface area contributed by atoms with Gasteiger partial charge in [-0.05, 0) is 66.8 Å². The molecule has 1 amide bonds. The van der Waals surface area contributed by atoms with Crippen LogP contribution in [0.4, 0.5) is 10.1 Å². The lowest BCUT2D eigenvalue weighted by Gasteiger charge is -2.23. The van der Waals surface area contributed by atoms with Crippen LogP contribution in [0.1, 0.15) is 53.3 Å². The number of pyridine rings is 1. The number of benzene rings is 2. The number of carbonyl (C=O) groups is 2. The van der Waals surface area contributed by atoms with Gasteiger partial charge in [0.15, 0.2) is 0 Å². The Morgan fingerprint density at radius 3 is 2.66 bits per heavy atom. The highest BCUT2D eigenvalue weighted by Gasteiger charge is 2.32. The number of carboxylic acid groups (broad SMARTS) is 1. The Morgan fingerprint density at radius 1 is 1.05 bits per heavy atom. The topological polar surface area (TPSA) is 84.2 Å². The van der Waals surface area contributed by atoms with Crippen LogP contribution >= 0.6 is 11.3 Å². The third-order valence-corrected chi connectivity index (χ3v) is 8.99. The Balaban J connectivity index is 1.48. The highest BCUT2D eigenvalue weighted by atomic mass is 32.1. The first-order valence-corrected chi connectivity index (χ1v) is 13.7. The smallest absolute Gasteiger partial charge is 0.345 e. The number of carboxylic acids is 1. The summed E-state index contributed by atoms with van der Waals surface area (Å²) in [6.45, 7) is 0.102. The second kappa shape index (κ2) is 8.77. The van der Waals surface area contributed by atoms with Crippen molar-refractivity contribution in [1.82, 2.24) is 9.55 Å². The summed E-state index contributed by atoms with van der Waals surface area (Å²) in [5.41, 5.74) is 6.18. The predicted octanol–water partition coefficient (Wildman–Crippen LogP) is 7.42. The van der Waals surface area contributed by atoms with Crippen LogP contribution in [0.2, 0.25) is 0 Å². The maximum atomic E-state index is 14.5. The number of carbonyl (C=O) groups excluding carboxylic acids is 1. The van der Waals surface area contributed by atoms with Gasteiger partial charge in [0.05, 0.1) is 32.8 Å². The fourth-order valence-corrected chi connectivity index (χ4v) is 7.28. The van der Waals surface area contributed by atoms with E-state index >= 15 is 0 Å². The normalized spacial score (nSPS) is 15.8. The van der Waals surface area contributed by atoms with Crippen molar-refractivity contribution in [3.8, 4) is 22.5 Å². The van der Waals surface area contributed by atoms with Gasteiger partial charge in [0.1, 0.15) is 17.2 Å². The molecular formula is C30H24FN3O3S. The van der Waals surface area contributed by atoms with Crippen LogP contribution in [0.15, 0.2) is 54.6 Å². The van der Waals surface area contributed by atoms with Crippen LogP contribution in [-0.2, 0) is 11.3 Å². The fraction of sp³-hybridized carbons (Fsp3) is 0.233. The molecule has 0 atom stereocenters. The number of hydrogen-bond donors (Lipinski definition) is 2. The number of halogens is 1. The largest absolute Gasteiger partial charge is 0.477 e. The summed E-state index contributed by atoms with van der Waals surface area (Å²) >= 11 is 1.31. The molecule has 2 aliphatic rings. The van der Waals surface area contributed by atoms with E-state index in [0.717, 1.165) is 58.1 Å². The lowest BCUT2D eigenvalue weighted by atomic mass is 9.83. The molecule has 0 unspecified atom stereocenters. The van der Waals surface area contributed by atoms with Crippen molar-refractivity contribution < 1.29 is 19.1 Å². The van der Waals surface area contributed by atoms with E-state index in [2.05, 4.69) is 5.32 Å². The van der Waals surface area contributed by atoms with Gasteiger partial charge < -0.3 is 15.0 Å². The Morgan fingerprint density at radius 2 is 1.87 bits per heavy atom. The number of aromatic carboxylic acids is 1. The molecule has 2 aromatic carbocycles. The Labute approximate surface area is 221 Å². The van der Waals surface area contributed by atoms with E-state index in [1.54, 1.807) is 30.3 Å². The molecule has 1 saturated carbocycles. The Kier molecular flexibility index (Phi) is 5.33. The third kappa shape index (κ3) is 3.55. The number of aromatic nitrogens is 2. The van der Waals surface area contributed by atoms with Gasteiger partial charge in [0.25, 0.3) is 0 Å². The third-order valence-electron chi connectivity index (χ3n) is 7.84. The molecule has 3 aromatic heterocycles. The standard InChI is InChI=1S/C30H24FN3O3S/c31-20-9-5-4-8-17(20)21-12-10-18-22(32-21)13-11-19-27(18)33-25(35)15-34-23-14-24(30(36)37)38-29(23)26(28(19)34)16-6-2-1-3-7-16/h4-5,8-14,16H,1-3,6-7,15H2,(H,33,35)(H,36,37). The van der Waals surface area contributed by atoms with Crippen LogP contribution in [-0.4, -0.2) is 26.5 Å². The maximum Gasteiger partial charge on any atom is 0.345 e. The van der Waals surface area contributed by atoms with Gasteiger partial charge >= 0.3 is 5.97 Å². The summed E-state index contributed by atoms with van der Waals surface area (Å²) in [5.74, 6) is -1.15. The minimum atomic E-state index is -0.948. The van der Waals surface area contributed by atoms with E-state index in [-0.39, 0.29) is 23.1 Å². The molecule has 0 bridgehead atoms. The zero-order valence-corrected chi connectivity index (χ0v) is 21.3. The average molecular weight is 526 g/mol. The van der Waals surface area contributed by atoms with Crippen molar-refractivity contribution >= 4 is 50.0 Å². The highest BCUT2D eigenvalue weighted by molar-refractivity contribution is 7.21. The van der Waals surface area contributed by atoms with Crippen molar-refractivity contribution in [2.75, 3.05) is 5.32 Å². The molecule has 2 N–H and O–H groups in total. The second-order valence-corrected chi connectivity index (χ2v) is 11.1. The molecule has 0 spiro atoms. The first-order chi connectivity index (χ1) is 18.5. The van der Waals surface area contributed by atoms with Crippen LogP contribution in [0, 0.1) is 5.82 Å². The Hall–Kier alpha value is -4.04. The zero-order chi connectivity index (χ0) is 26.0. The predicted molar refractivity (Wildman–Crippen MR) is 147 cm³/mol. The number of hydrogen-bond acceptors (Lipinski definition) is 4. The van der Waals surface area contributed by atoms with E-state index in [4.69, 9.17) is 4.98 Å². The summed E-state index contributed by atoms with van der Waals surface area (Å²) in [4.78, 5) is 30.1. The molecule has 1 aliphatic carbocycles. The first kappa shape index (κ1) is 23.1.